The maximum absolute atomic E-state index is 12.8. The monoisotopic (exact) mass is 360 g/mol. The lowest BCUT2D eigenvalue weighted by atomic mass is 9.76. The zero-order valence-corrected chi connectivity index (χ0v) is 15.9. The molecule has 2 bridgehead atoms. The van der Waals surface area contributed by atoms with E-state index in [1.807, 2.05) is 42.5 Å². The number of benzene rings is 2. The van der Waals surface area contributed by atoms with Crippen molar-refractivity contribution >= 4 is 5.78 Å². The third-order valence-corrected chi connectivity index (χ3v) is 6.93. The minimum Gasteiger partial charge on any atom is -0.289 e. The van der Waals surface area contributed by atoms with E-state index in [9.17, 15) is 4.79 Å². The van der Waals surface area contributed by atoms with Crippen LogP contribution in [0.3, 0.4) is 0 Å². The van der Waals surface area contributed by atoms with Crippen LogP contribution in [0.1, 0.15) is 60.0 Å². The largest absolute Gasteiger partial charge is 0.289 e. The molecule has 0 N–H and O–H groups in total. The quantitative estimate of drug-likeness (QED) is 0.752. The molecule has 140 valence electrons. The molecule has 4 saturated heterocycles. The van der Waals surface area contributed by atoms with Gasteiger partial charge in [0.05, 0.1) is 5.66 Å². The van der Waals surface area contributed by atoms with Crippen molar-refractivity contribution in [1.82, 2.24) is 9.80 Å². The summed E-state index contributed by atoms with van der Waals surface area (Å²) in [7, 11) is 0. The SMILES string of the molecule is O=C(c1ccccc1)c1cccc(CN2CCC3C[C@@]24CCCCCN34)c1. The molecule has 0 radical (unpaired) electrons. The smallest absolute Gasteiger partial charge is 0.193 e. The van der Waals surface area contributed by atoms with Crippen LogP contribution in [0.15, 0.2) is 54.6 Å². The van der Waals surface area contributed by atoms with E-state index < -0.39 is 0 Å². The number of hydrogen-bond donors (Lipinski definition) is 0. The molecular weight excluding hydrogens is 332 g/mol. The Bertz CT molecular complexity index is 833. The molecule has 1 unspecified atom stereocenters. The molecular formula is C24H28N2O. The van der Waals surface area contributed by atoms with E-state index in [4.69, 9.17) is 0 Å². The van der Waals surface area contributed by atoms with Gasteiger partial charge in [0.1, 0.15) is 0 Å². The van der Waals surface area contributed by atoms with Crippen LogP contribution in [0, 0.1) is 0 Å². The third-order valence-electron chi connectivity index (χ3n) is 6.93. The minimum absolute atomic E-state index is 0.119. The van der Waals surface area contributed by atoms with Crippen molar-refractivity contribution in [2.24, 2.45) is 0 Å². The molecule has 2 aromatic rings. The molecule has 1 spiro atoms. The summed E-state index contributed by atoms with van der Waals surface area (Å²) in [5.74, 6) is 0.119. The molecule has 4 fully saturated rings. The zero-order valence-electron chi connectivity index (χ0n) is 15.9. The lowest BCUT2D eigenvalue weighted by Gasteiger charge is -2.67. The van der Waals surface area contributed by atoms with Gasteiger partial charge in [-0.2, -0.15) is 0 Å². The van der Waals surface area contributed by atoms with Crippen LogP contribution in [0.25, 0.3) is 0 Å². The second-order valence-corrected chi connectivity index (χ2v) is 8.45. The van der Waals surface area contributed by atoms with Crippen molar-refractivity contribution in [3.05, 3.63) is 71.3 Å². The van der Waals surface area contributed by atoms with Crippen LogP contribution < -0.4 is 0 Å². The summed E-state index contributed by atoms with van der Waals surface area (Å²) in [6, 6.07) is 18.7. The highest BCUT2D eigenvalue weighted by atomic mass is 16.1. The fourth-order valence-corrected chi connectivity index (χ4v) is 5.59. The summed E-state index contributed by atoms with van der Waals surface area (Å²) in [6.07, 6.45) is 8.03. The first kappa shape index (κ1) is 17.2. The highest BCUT2D eigenvalue weighted by molar-refractivity contribution is 6.09. The summed E-state index contributed by atoms with van der Waals surface area (Å²) in [5.41, 5.74) is 3.14. The molecule has 6 rings (SSSR count). The summed E-state index contributed by atoms with van der Waals surface area (Å²) < 4.78 is 0. The first-order chi connectivity index (χ1) is 13.3. The van der Waals surface area contributed by atoms with Gasteiger partial charge in [0.2, 0.25) is 0 Å². The van der Waals surface area contributed by atoms with E-state index in [0.29, 0.717) is 5.66 Å². The molecule has 4 heterocycles. The molecule has 4 aliphatic heterocycles. The van der Waals surface area contributed by atoms with Gasteiger partial charge in [-0.1, -0.05) is 61.4 Å². The maximum atomic E-state index is 12.8. The molecule has 0 aliphatic carbocycles. The second-order valence-electron chi connectivity index (χ2n) is 8.45. The average Bonchev–Trinajstić information content (AvgIpc) is 2.88. The van der Waals surface area contributed by atoms with Gasteiger partial charge in [-0.05, 0) is 37.3 Å². The zero-order chi connectivity index (χ0) is 18.3. The Morgan fingerprint density at radius 1 is 0.963 bits per heavy atom. The standard InChI is InChI=1S/C24H28N2O/c27-23(20-9-3-1-4-10-20)21-11-7-8-19(16-21)18-25-15-12-22-17-24(25)13-5-2-6-14-26(22)24/h1,3-4,7-11,16,22H,2,5-6,12-15,17-18H2/t22?,24-/m0/s1. The Balaban J connectivity index is 1.37. The summed E-state index contributed by atoms with van der Waals surface area (Å²) in [6.45, 7) is 3.42. The van der Waals surface area contributed by atoms with Crippen LogP contribution in [0.5, 0.6) is 0 Å². The van der Waals surface area contributed by atoms with Gasteiger partial charge >= 0.3 is 0 Å². The van der Waals surface area contributed by atoms with Gasteiger partial charge in [-0.15, -0.1) is 0 Å². The molecule has 0 aromatic heterocycles. The van der Waals surface area contributed by atoms with E-state index in [-0.39, 0.29) is 5.78 Å². The normalized spacial score (nSPS) is 28.1. The van der Waals surface area contributed by atoms with Crippen molar-refractivity contribution in [2.75, 3.05) is 13.1 Å². The summed E-state index contributed by atoms with van der Waals surface area (Å²) in [4.78, 5) is 18.3. The van der Waals surface area contributed by atoms with Crippen molar-refractivity contribution in [2.45, 2.75) is 56.8 Å². The Morgan fingerprint density at radius 2 is 1.81 bits per heavy atom. The number of hydrogen-bond acceptors (Lipinski definition) is 3. The first-order valence-corrected chi connectivity index (χ1v) is 10.5. The molecule has 2 aromatic carbocycles. The second kappa shape index (κ2) is 6.88. The van der Waals surface area contributed by atoms with E-state index in [2.05, 4.69) is 21.9 Å². The van der Waals surface area contributed by atoms with Crippen molar-refractivity contribution in [3.63, 3.8) is 0 Å². The molecule has 3 nitrogen and oxygen atoms in total. The molecule has 2 atom stereocenters. The van der Waals surface area contributed by atoms with Crippen molar-refractivity contribution in [1.29, 1.82) is 0 Å². The number of rotatable bonds is 4. The van der Waals surface area contributed by atoms with Gasteiger partial charge in [0.25, 0.3) is 0 Å². The number of carbonyl (C=O) groups excluding carboxylic acids is 1. The van der Waals surface area contributed by atoms with Gasteiger partial charge in [0.15, 0.2) is 5.78 Å². The van der Waals surface area contributed by atoms with E-state index >= 15 is 0 Å². The lowest BCUT2D eigenvalue weighted by molar-refractivity contribution is -0.213. The molecule has 27 heavy (non-hydrogen) atoms. The van der Waals surface area contributed by atoms with Crippen molar-refractivity contribution < 1.29 is 4.79 Å². The maximum Gasteiger partial charge on any atom is 0.193 e. The van der Waals surface area contributed by atoms with Gasteiger partial charge < -0.3 is 0 Å². The fraction of sp³-hybridized carbons (Fsp3) is 0.458. The molecule has 4 aliphatic rings. The van der Waals surface area contributed by atoms with Crippen LogP contribution in [-0.4, -0.2) is 40.4 Å². The number of ketones is 1. The summed E-state index contributed by atoms with van der Waals surface area (Å²) in [5, 5.41) is 0. The minimum atomic E-state index is 0.119. The van der Waals surface area contributed by atoms with Crippen LogP contribution in [0.4, 0.5) is 0 Å². The predicted octanol–water partition coefficient (Wildman–Crippen LogP) is 4.47. The third kappa shape index (κ3) is 2.94. The molecule has 0 saturated carbocycles. The summed E-state index contributed by atoms with van der Waals surface area (Å²) >= 11 is 0. The Labute approximate surface area is 162 Å². The van der Waals surface area contributed by atoms with Crippen LogP contribution in [0.2, 0.25) is 0 Å². The first-order valence-electron chi connectivity index (χ1n) is 10.5. The number of carbonyl (C=O) groups is 1. The van der Waals surface area contributed by atoms with Gasteiger partial charge in [-0.25, -0.2) is 0 Å². The van der Waals surface area contributed by atoms with Gasteiger partial charge in [-0.3, -0.25) is 14.6 Å². The highest BCUT2D eigenvalue weighted by Crippen LogP contribution is 2.50. The predicted molar refractivity (Wildman–Crippen MR) is 108 cm³/mol. The van der Waals surface area contributed by atoms with E-state index in [1.54, 1.807) is 0 Å². The van der Waals surface area contributed by atoms with Gasteiger partial charge in [0, 0.05) is 36.8 Å². The average molecular weight is 361 g/mol. The van der Waals surface area contributed by atoms with Crippen LogP contribution in [-0.2, 0) is 6.54 Å². The Morgan fingerprint density at radius 3 is 2.70 bits per heavy atom. The highest BCUT2D eigenvalue weighted by Gasteiger charge is 2.57. The number of fused-ring (bicyclic) bond motifs is 2. The topological polar surface area (TPSA) is 23.6 Å². The Hall–Kier alpha value is -1.97. The lowest BCUT2D eigenvalue weighted by Crippen LogP contribution is -2.76. The fourth-order valence-electron chi connectivity index (χ4n) is 5.59. The number of piperidine rings is 1. The van der Waals surface area contributed by atoms with Crippen molar-refractivity contribution in [3.8, 4) is 0 Å². The number of nitrogens with zero attached hydrogens (tertiary/aromatic N) is 2. The van der Waals surface area contributed by atoms with Crippen LogP contribution >= 0.6 is 0 Å². The van der Waals surface area contributed by atoms with E-state index in [0.717, 1.165) is 23.7 Å². The van der Waals surface area contributed by atoms with E-state index in [1.165, 1.54) is 57.2 Å². The molecule has 0 amide bonds. The molecule has 3 heteroatoms. The Kier molecular flexibility index (Phi) is 4.37.